The molecule has 1 unspecified atom stereocenters. The summed E-state index contributed by atoms with van der Waals surface area (Å²) in [6.07, 6.45) is -7.32. The van der Waals surface area contributed by atoms with Gasteiger partial charge in [-0.05, 0) is 20.8 Å². The first-order chi connectivity index (χ1) is 7.19. The molecule has 0 radical (unpaired) electrons. The molecule has 0 aromatic carbocycles. The maximum absolute atomic E-state index is 13.0. The molecule has 0 aliphatic rings. The Morgan fingerprint density at radius 2 is 1.88 bits per heavy atom. The third-order valence-corrected chi connectivity index (χ3v) is 1.47. The van der Waals surface area contributed by atoms with Gasteiger partial charge < -0.3 is 9.84 Å². The molecular weight excluding hydrogens is 227 g/mol. The highest BCUT2D eigenvalue weighted by Gasteiger charge is 2.33. The van der Waals surface area contributed by atoms with Gasteiger partial charge in [-0.25, -0.2) is 18.0 Å². The maximum atomic E-state index is 13.0. The van der Waals surface area contributed by atoms with Crippen LogP contribution in [0.1, 0.15) is 20.8 Å². The zero-order valence-corrected chi connectivity index (χ0v) is 9.41. The van der Waals surface area contributed by atoms with E-state index in [1.54, 1.807) is 0 Å². The lowest BCUT2D eigenvalue weighted by atomic mass is 10.2. The molecule has 0 heterocycles. The van der Waals surface area contributed by atoms with Gasteiger partial charge in [0.1, 0.15) is 5.60 Å². The average molecular weight is 243 g/mol. The van der Waals surface area contributed by atoms with Crippen LogP contribution in [0, 0.1) is 0 Å². The van der Waals surface area contributed by atoms with Crippen LogP contribution in [0.5, 0.6) is 0 Å². The van der Waals surface area contributed by atoms with E-state index >= 15 is 0 Å². The minimum atomic E-state index is -3.33. The molecule has 0 fully saturated rings. The van der Waals surface area contributed by atoms with E-state index in [1.165, 1.54) is 20.8 Å². The molecule has 0 saturated carbocycles. The summed E-state index contributed by atoms with van der Waals surface area (Å²) >= 11 is 0. The molecule has 0 bridgehead atoms. The number of amides is 1. The van der Waals surface area contributed by atoms with E-state index in [0.29, 0.717) is 0 Å². The third kappa shape index (κ3) is 5.20. The molecule has 1 atom stereocenters. The number of hydrogen-bond donors (Lipinski definition) is 1. The average Bonchev–Trinajstić information content (AvgIpc) is 2.09. The summed E-state index contributed by atoms with van der Waals surface area (Å²) in [5.74, 6) is 0. The zero-order valence-electron chi connectivity index (χ0n) is 9.41. The Bertz CT molecular complexity index is 231. The maximum Gasteiger partial charge on any atom is 0.412 e. The summed E-state index contributed by atoms with van der Waals surface area (Å²) in [4.78, 5) is 11.5. The SMILES string of the molecule is CC(C)(C)OC(=O)N(CCO)C(F)C(F)F. The summed E-state index contributed by atoms with van der Waals surface area (Å²) in [6, 6.07) is 0. The molecule has 0 aromatic rings. The molecule has 16 heavy (non-hydrogen) atoms. The van der Waals surface area contributed by atoms with Crippen molar-refractivity contribution in [3.63, 3.8) is 0 Å². The number of rotatable bonds is 4. The van der Waals surface area contributed by atoms with E-state index in [9.17, 15) is 18.0 Å². The quantitative estimate of drug-likeness (QED) is 0.766. The normalized spacial score (nSPS) is 13.8. The van der Waals surface area contributed by atoms with Gasteiger partial charge in [0.25, 0.3) is 6.43 Å². The van der Waals surface area contributed by atoms with Crippen molar-refractivity contribution in [3.05, 3.63) is 0 Å². The topological polar surface area (TPSA) is 49.8 Å². The molecular formula is C9H16F3NO3. The van der Waals surface area contributed by atoms with Gasteiger partial charge in [-0.15, -0.1) is 0 Å². The van der Waals surface area contributed by atoms with Crippen molar-refractivity contribution in [1.82, 2.24) is 4.90 Å². The fraction of sp³-hybridized carbons (Fsp3) is 0.889. The van der Waals surface area contributed by atoms with Gasteiger partial charge in [-0.1, -0.05) is 0 Å². The van der Waals surface area contributed by atoms with E-state index in [-0.39, 0.29) is 4.90 Å². The van der Waals surface area contributed by atoms with E-state index in [4.69, 9.17) is 9.84 Å². The van der Waals surface area contributed by atoms with Crippen molar-refractivity contribution in [2.24, 2.45) is 0 Å². The van der Waals surface area contributed by atoms with Crippen molar-refractivity contribution >= 4 is 6.09 Å². The van der Waals surface area contributed by atoms with E-state index in [0.717, 1.165) is 0 Å². The predicted molar refractivity (Wildman–Crippen MR) is 50.9 cm³/mol. The van der Waals surface area contributed by atoms with Gasteiger partial charge >= 0.3 is 6.09 Å². The van der Waals surface area contributed by atoms with Crippen LogP contribution < -0.4 is 0 Å². The minimum absolute atomic E-state index is 0.163. The number of carbonyl (C=O) groups is 1. The summed E-state index contributed by atoms with van der Waals surface area (Å²) < 4.78 is 41.9. The summed E-state index contributed by atoms with van der Waals surface area (Å²) in [6.45, 7) is 3.42. The van der Waals surface area contributed by atoms with E-state index < -0.39 is 37.6 Å². The van der Waals surface area contributed by atoms with Crippen molar-refractivity contribution < 1.29 is 27.8 Å². The highest BCUT2D eigenvalue weighted by atomic mass is 19.3. The number of carbonyl (C=O) groups excluding carboxylic acids is 1. The summed E-state index contributed by atoms with van der Waals surface area (Å²) in [7, 11) is 0. The number of halogens is 3. The Labute approximate surface area is 92.0 Å². The number of alkyl halides is 3. The van der Waals surface area contributed by atoms with Crippen LogP contribution in [0.15, 0.2) is 0 Å². The first-order valence-corrected chi connectivity index (χ1v) is 4.71. The van der Waals surface area contributed by atoms with Crippen molar-refractivity contribution in [1.29, 1.82) is 0 Å². The lowest BCUT2D eigenvalue weighted by Gasteiger charge is -2.28. The molecule has 0 saturated heterocycles. The highest BCUT2D eigenvalue weighted by molar-refractivity contribution is 5.68. The van der Waals surface area contributed by atoms with E-state index in [1.807, 2.05) is 0 Å². The van der Waals surface area contributed by atoms with Crippen LogP contribution >= 0.6 is 0 Å². The number of ether oxygens (including phenoxy) is 1. The second kappa shape index (κ2) is 5.93. The van der Waals surface area contributed by atoms with Gasteiger partial charge in [0, 0.05) is 0 Å². The fourth-order valence-electron chi connectivity index (χ4n) is 0.880. The van der Waals surface area contributed by atoms with Crippen molar-refractivity contribution in [3.8, 4) is 0 Å². The molecule has 0 aliphatic heterocycles. The van der Waals surface area contributed by atoms with Crippen molar-refractivity contribution in [2.75, 3.05) is 13.2 Å². The Balaban J connectivity index is 4.59. The molecule has 1 amide bonds. The van der Waals surface area contributed by atoms with Crippen LogP contribution in [0.3, 0.4) is 0 Å². The molecule has 0 aliphatic carbocycles. The molecule has 1 N–H and O–H groups in total. The third-order valence-electron chi connectivity index (χ3n) is 1.47. The summed E-state index contributed by atoms with van der Waals surface area (Å²) in [5, 5.41) is 8.55. The molecule has 7 heteroatoms. The predicted octanol–water partition coefficient (Wildman–Crippen LogP) is 1.78. The molecule has 0 rings (SSSR count). The van der Waals surface area contributed by atoms with Crippen molar-refractivity contribution in [2.45, 2.75) is 39.1 Å². The number of nitrogens with zero attached hydrogens (tertiary/aromatic N) is 1. The lowest BCUT2D eigenvalue weighted by Crippen LogP contribution is -2.45. The monoisotopic (exact) mass is 243 g/mol. The number of hydrogen-bond acceptors (Lipinski definition) is 3. The molecule has 4 nitrogen and oxygen atoms in total. The van der Waals surface area contributed by atoms with Crippen LogP contribution in [0.2, 0.25) is 0 Å². The van der Waals surface area contributed by atoms with Gasteiger partial charge in [0.2, 0.25) is 6.30 Å². The second-order valence-corrected chi connectivity index (χ2v) is 4.10. The minimum Gasteiger partial charge on any atom is -0.444 e. The van der Waals surface area contributed by atoms with Crippen LogP contribution in [-0.2, 0) is 4.74 Å². The van der Waals surface area contributed by atoms with Crippen LogP contribution in [-0.4, -0.2) is 47.6 Å². The van der Waals surface area contributed by atoms with Gasteiger partial charge in [0.15, 0.2) is 0 Å². The lowest BCUT2D eigenvalue weighted by molar-refractivity contribution is -0.0631. The molecule has 0 spiro atoms. The smallest absolute Gasteiger partial charge is 0.412 e. The first-order valence-electron chi connectivity index (χ1n) is 4.71. The molecule has 0 aromatic heterocycles. The van der Waals surface area contributed by atoms with Crippen LogP contribution in [0.4, 0.5) is 18.0 Å². The Morgan fingerprint density at radius 1 is 1.38 bits per heavy atom. The Hall–Kier alpha value is -0.980. The number of aliphatic hydroxyl groups excluding tert-OH is 1. The Kier molecular flexibility index (Phi) is 5.57. The van der Waals surface area contributed by atoms with Gasteiger partial charge in [-0.2, -0.15) is 0 Å². The first kappa shape index (κ1) is 15.0. The number of aliphatic hydroxyl groups is 1. The highest BCUT2D eigenvalue weighted by Crippen LogP contribution is 2.16. The van der Waals surface area contributed by atoms with Gasteiger partial charge in [-0.3, -0.25) is 4.90 Å². The fourth-order valence-corrected chi connectivity index (χ4v) is 0.880. The largest absolute Gasteiger partial charge is 0.444 e. The second-order valence-electron chi connectivity index (χ2n) is 4.10. The summed E-state index contributed by atoms with van der Waals surface area (Å²) in [5.41, 5.74) is -0.910. The van der Waals surface area contributed by atoms with Gasteiger partial charge in [0.05, 0.1) is 13.2 Å². The zero-order chi connectivity index (χ0) is 12.9. The molecule has 96 valence electrons. The standard InChI is InChI=1S/C9H16F3NO3/c1-9(2,3)16-8(15)13(4-5-14)7(12)6(10)11/h6-7,14H,4-5H2,1-3H3. The van der Waals surface area contributed by atoms with E-state index in [2.05, 4.69) is 0 Å². The van der Waals surface area contributed by atoms with Crippen LogP contribution in [0.25, 0.3) is 0 Å². The Morgan fingerprint density at radius 3 is 2.19 bits per heavy atom.